The van der Waals surface area contributed by atoms with Crippen LogP contribution in [0.1, 0.15) is 51.9 Å². The fourth-order valence-electron chi connectivity index (χ4n) is 1.61. The van der Waals surface area contributed by atoms with Gasteiger partial charge >= 0.3 is 9.28 Å². The number of carbonyl (C=O) groups is 1. The number of hydrogen-bond acceptors (Lipinski definition) is 4. The molecule has 0 heterocycles. The SMILES string of the molecule is CCCCCCC(=O)SCCCC[Si](OC)OC. The summed E-state index contributed by atoms with van der Waals surface area (Å²) in [6.07, 6.45) is 7.63. The maximum Gasteiger partial charge on any atom is 0.384 e. The van der Waals surface area contributed by atoms with E-state index in [2.05, 4.69) is 6.92 Å². The lowest BCUT2D eigenvalue weighted by atomic mass is 10.2. The summed E-state index contributed by atoms with van der Waals surface area (Å²) in [5.41, 5.74) is 0. The van der Waals surface area contributed by atoms with E-state index in [0.717, 1.165) is 37.5 Å². The van der Waals surface area contributed by atoms with Gasteiger partial charge < -0.3 is 8.85 Å². The molecule has 0 aliphatic heterocycles. The van der Waals surface area contributed by atoms with Gasteiger partial charge in [-0.15, -0.1) is 0 Å². The molecule has 0 atom stereocenters. The highest BCUT2D eigenvalue weighted by Crippen LogP contribution is 2.14. The highest BCUT2D eigenvalue weighted by Gasteiger charge is 2.11. The monoisotopic (exact) mass is 291 g/mol. The lowest BCUT2D eigenvalue weighted by Gasteiger charge is -2.08. The van der Waals surface area contributed by atoms with Gasteiger partial charge in [0.1, 0.15) is 0 Å². The van der Waals surface area contributed by atoms with Crippen molar-refractivity contribution in [2.24, 2.45) is 0 Å². The van der Waals surface area contributed by atoms with Gasteiger partial charge in [-0.2, -0.15) is 0 Å². The van der Waals surface area contributed by atoms with Gasteiger partial charge in [-0.05, 0) is 18.9 Å². The summed E-state index contributed by atoms with van der Waals surface area (Å²) in [7, 11) is 2.36. The third-order valence-electron chi connectivity index (χ3n) is 2.73. The van der Waals surface area contributed by atoms with Crippen LogP contribution >= 0.6 is 11.8 Å². The van der Waals surface area contributed by atoms with E-state index >= 15 is 0 Å². The van der Waals surface area contributed by atoms with Gasteiger partial charge in [0.25, 0.3) is 0 Å². The van der Waals surface area contributed by atoms with Crippen LogP contribution < -0.4 is 0 Å². The Morgan fingerprint density at radius 2 is 1.78 bits per heavy atom. The van der Waals surface area contributed by atoms with Crippen LogP contribution in [0.2, 0.25) is 6.04 Å². The standard InChI is InChI=1S/C13H27O3SSi/c1-4-5-6-7-10-13(14)17-11-8-9-12-18(15-2)16-3/h4-12H2,1-3H3. The van der Waals surface area contributed by atoms with Crippen molar-refractivity contribution in [3.05, 3.63) is 0 Å². The number of carbonyl (C=O) groups excluding carboxylic acids is 1. The molecule has 0 aliphatic carbocycles. The van der Waals surface area contributed by atoms with E-state index in [0.29, 0.717) is 5.12 Å². The highest BCUT2D eigenvalue weighted by molar-refractivity contribution is 8.13. The number of rotatable bonds is 12. The van der Waals surface area contributed by atoms with Gasteiger partial charge in [0.15, 0.2) is 5.12 Å². The van der Waals surface area contributed by atoms with E-state index in [9.17, 15) is 4.79 Å². The Morgan fingerprint density at radius 1 is 1.06 bits per heavy atom. The van der Waals surface area contributed by atoms with Crippen molar-refractivity contribution < 1.29 is 13.6 Å². The molecule has 3 nitrogen and oxygen atoms in total. The first-order valence-corrected chi connectivity index (χ1v) is 9.35. The van der Waals surface area contributed by atoms with Gasteiger partial charge in [0.2, 0.25) is 0 Å². The van der Waals surface area contributed by atoms with Gasteiger partial charge in [-0.3, -0.25) is 4.79 Å². The molecule has 18 heavy (non-hydrogen) atoms. The lowest BCUT2D eigenvalue weighted by molar-refractivity contribution is -0.111. The molecule has 0 aromatic heterocycles. The van der Waals surface area contributed by atoms with E-state index in [-0.39, 0.29) is 0 Å². The average molecular weight is 292 g/mol. The largest absolute Gasteiger partial charge is 0.397 e. The van der Waals surface area contributed by atoms with E-state index in [4.69, 9.17) is 8.85 Å². The summed E-state index contributed by atoms with van der Waals surface area (Å²) in [4.78, 5) is 11.5. The lowest BCUT2D eigenvalue weighted by Crippen LogP contribution is -2.18. The second-order valence-corrected chi connectivity index (χ2v) is 7.48. The molecule has 107 valence electrons. The van der Waals surface area contributed by atoms with Gasteiger partial charge in [-0.1, -0.05) is 44.4 Å². The van der Waals surface area contributed by atoms with Gasteiger partial charge in [-0.25, -0.2) is 0 Å². The Labute approximate surface area is 118 Å². The predicted molar refractivity (Wildman–Crippen MR) is 80.0 cm³/mol. The Bertz CT molecular complexity index is 199. The maximum atomic E-state index is 11.5. The Kier molecular flexibility index (Phi) is 13.7. The van der Waals surface area contributed by atoms with E-state index in [1.54, 1.807) is 14.2 Å². The molecule has 0 unspecified atom stereocenters. The summed E-state index contributed by atoms with van der Waals surface area (Å²) in [5.74, 6) is 0.940. The van der Waals surface area contributed by atoms with Crippen LogP contribution in [0.25, 0.3) is 0 Å². The third kappa shape index (κ3) is 11.3. The molecule has 0 saturated heterocycles. The first-order chi connectivity index (χ1) is 8.74. The Balaban J connectivity index is 3.29. The highest BCUT2D eigenvalue weighted by atomic mass is 32.2. The summed E-state index contributed by atoms with van der Waals surface area (Å²) >= 11 is 1.49. The Hall–Kier alpha value is 0.157. The average Bonchev–Trinajstić information content (AvgIpc) is 2.39. The fourth-order valence-corrected chi connectivity index (χ4v) is 3.59. The van der Waals surface area contributed by atoms with Gasteiger partial charge in [0, 0.05) is 26.4 Å². The molecule has 0 aliphatic rings. The van der Waals surface area contributed by atoms with E-state index in [1.807, 2.05) is 0 Å². The molecule has 0 N–H and O–H groups in total. The second kappa shape index (κ2) is 13.6. The van der Waals surface area contributed by atoms with Crippen LogP contribution in [0.3, 0.4) is 0 Å². The van der Waals surface area contributed by atoms with Crippen LogP contribution in [0.15, 0.2) is 0 Å². The molecule has 0 aromatic carbocycles. The van der Waals surface area contributed by atoms with Crippen molar-refractivity contribution in [3.63, 3.8) is 0 Å². The van der Waals surface area contributed by atoms with Crippen LogP contribution in [0, 0.1) is 0 Å². The minimum atomic E-state index is -1.04. The predicted octanol–water partition coefficient (Wildman–Crippen LogP) is 3.78. The third-order valence-corrected chi connectivity index (χ3v) is 5.42. The van der Waals surface area contributed by atoms with Crippen molar-refractivity contribution >= 4 is 26.2 Å². The van der Waals surface area contributed by atoms with Crippen molar-refractivity contribution in [3.8, 4) is 0 Å². The van der Waals surface area contributed by atoms with Crippen LogP contribution in [-0.4, -0.2) is 34.4 Å². The minimum absolute atomic E-state index is 0.357. The Morgan fingerprint density at radius 3 is 2.39 bits per heavy atom. The quantitative estimate of drug-likeness (QED) is 0.405. The van der Waals surface area contributed by atoms with Crippen molar-refractivity contribution in [2.45, 2.75) is 57.9 Å². The van der Waals surface area contributed by atoms with Crippen LogP contribution in [-0.2, 0) is 13.6 Å². The molecular formula is C13H27O3SSi. The van der Waals surface area contributed by atoms with Crippen LogP contribution in [0.4, 0.5) is 0 Å². The molecule has 0 rings (SSSR count). The van der Waals surface area contributed by atoms with E-state index in [1.165, 1.54) is 31.0 Å². The molecule has 0 saturated carbocycles. The van der Waals surface area contributed by atoms with Crippen molar-refractivity contribution in [2.75, 3.05) is 20.0 Å². The molecule has 0 fully saturated rings. The van der Waals surface area contributed by atoms with E-state index < -0.39 is 9.28 Å². The molecule has 0 aromatic rings. The fraction of sp³-hybridized carbons (Fsp3) is 0.923. The zero-order valence-corrected chi connectivity index (χ0v) is 13.8. The molecule has 0 amide bonds. The summed E-state index contributed by atoms with van der Waals surface area (Å²) in [6, 6.07) is 1.00. The van der Waals surface area contributed by atoms with Crippen molar-refractivity contribution in [1.29, 1.82) is 0 Å². The number of thioether (sulfide) groups is 1. The second-order valence-electron chi connectivity index (χ2n) is 4.27. The summed E-state index contributed by atoms with van der Waals surface area (Å²) < 4.78 is 10.4. The maximum absolute atomic E-state index is 11.5. The first kappa shape index (κ1) is 18.2. The van der Waals surface area contributed by atoms with Crippen molar-refractivity contribution in [1.82, 2.24) is 0 Å². The number of hydrogen-bond donors (Lipinski definition) is 0. The molecule has 0 spiro atoms. The molecule has 5 heteroatoms. The van der Waals surface area contributed by atoms with Crippen LogP contribution in [0.5, 0.6) is 0 Å². The minimum Gasteiger partial charge on any atom is -0.397 e. The molecule has 1 radical (unpaired) electrons. The zero-order chi connectivity index (χ0) is 13.6. The molecular weight excluding hydrogens is 264 g/mol. The number of unbranched alkanes of at least 4 members (excludes halogenated alkanes) is 4. The summed E-state index contributed by atoms with van der Waals surface area (Å²) in [6.45, 7) is 2.19. The smallest absolute Gasteiger partial charge is 0.384 e. The summed E-state index contributed by atoms with van der Waals surface area (Å²) in [5, 5.41) is 0.357. The molecule has 0 bridgehead atoms. The topological polar surface area (TPSA) is 35.5 Å². The first-order valence-electron chi connectivity index (χ1n) is 6.84. The van der Waals surface area contributed by atoms with Gasteiger partial charge in [0.05, 0.1) is 0 Å². The zero-order valence-electron chi connectivity index (χ0n) is 12.0. The normalized spacial score (nSPS) is 11.1.